The Morgan fingerprint density at radius 1 is 1.00 bits per heavy atom. The van der Waals surface area contributed by atoms with E-state index in [-0.39, 0.29) is 6.61 Å². The van der Waals surface area contributed by atoms with Crippen molar-refractivity contribution in [1.82, 2.24) is 9.97 Å². The van der Waals surface area contributed by atoms with Gasteiger partial charge in [0, 0.05) is 0 Å². The number of nitrogens with one attached hydrogen (secondary N) is 1. The standard InChI is InChI=1S/C16H14N2O3/c19-9-16-17-12-3-1-10(7-13(12)18-16)11-2-4-14-15(8-11)21-6-5-20-14/h1-4,7-8,19H,5-6,9H2,(H,17,18). The van der Waals surface area contributed by atoms with E-state index in [4.69, 9.17) is 14.6 Å². The molecular formula is C16H14N2O3. The van der Waals surface area contributed by atoms with E-state index in [2.05, 4.69) is 9.97 Å². The van der Waals surface area contributed by atoms with E-state index >= 15 is 0 Å². The zero-order chi connectivity index (χ0) is 14.2. The molecule has 4 rings (SSSR count). The smallest absolute Gasteiger partial charge is 0.161 e. The molecule has 2 heterocycles. The van der Waals surface area contributed by atoms with Gasteiger partial charge in [0.2, 0.25) is 0 Å². The Hall–Kier alpha value is -2.53. The van der Waals surface area contributed by atoms with Gasteiger partial charge in [-0.05, 0) is 35.4 Å². The molecule has 0 atom stereocenters. The summed E-state index contributed by atoms with van der Waals surface area (Å²) in [6.45, 7) is 1.08. The fraction of sp³-hybridized carbons (Fsp3) is 0.188. The number of aliphatic hydroxyl groups excluding tert-OH is 1. The molecule has 3 aromatic rings. The summed E-state index contributed by atoms with van der Waals surface area (Å²) in [6.07, 6.45) is 0. The molecule has 0 saturated heterocycles. The van der Waals surface area contributed by atoms with Crippen LogP contribution < -0.4 is 9.47 Å². The molecule has 5 nitrogen and oxygen atoms in total. The van der Waals surface area contributed by atoms with Gasteiger partial charge in [0.1, 0.15) is 25.6 Å². The normalized spacial score (nSPS) is 13.6. The van der Waals surface area contributed by atoms with Crippen molar-refractivity contribution in [2.24, 2.45) is 0 Å². The first-order valence-electron chi connectivity index (χ1n) is 6.83. The maximum absolute atomic E-state index is 9.13. The van der Waals surface area contributed by atoms with Crippen LogP contribution in [-0.2, 0) is 6.61 Å². The van der Waals surface area contributed by atoms with Gasteiger partial charge >= 0.3 is 0 Å². The highest BCUT2D eigenvalue weighted by atomic mass is 16.6. The average molecular weight is 282 g/mol. The molecule has 106 valence electrons. The Labute approximate surface area is 121 Å². The number of hydrogen-bond donors (Lipinski definition) is 2. The predicted octanol–water partition coefficient (Wildman–Crippen LogP) is 2.49. The van der Waals surface area contributed by atoms with Crippen LogP contribution in [0.3, 0.4) is 0 Å². The number of aromatic nitrogens is 2. The van der Waals surface area contributed by atoms with Crippen LogP contribution in [0.2, 0.25) is 0 Å². The number of aromatic amines is 1. The Kier molecular flexibility index (Phi) is 2.79. The molecule has 2 N–H and O–H groups in total. The lowest BCUT2D eigenvalue weighted by atomic mass is 10.0. The summed E-state index contributed by atoms with van der Waals surface area (Å²) >= 11 is 0. The molecule has 1 aromatic heterocycles. The van der Waals surface area contributed by atoms with Gasteiger partial charge in [0.15, 0.2) is 11.5 Å². The van der Waals surface area contributed by atoms with E-state index in [1.54, 1.807) is 0 Å². The number of nitrogens with zero attached hydrogens (tertiary/aromatic N) is 1. The fourth-order valence-corrected chi connectivity index (χ4v) is 2.54. The quantitative estimate of drug-likeness (QED) is 0.758. The van der Waals surface area contributed by atoms with E-state index in [0.717, 1.165) is 33.7 Å². The van der Waals surface area contributed by atoms with Gasteiger partial charge in [-0.25, -0.2) is 4.98 Å². The van der Waals surface area contributed by atoms with E-state index < -0.39 is 0 Å². The van der Waals surface area contributed by atoms with E-state index in [0.29, 0.717) is 19.0 Å². The molecule has 0 amide bonds. The summed E-state index contributed by atoms with van der Waals surface area (Å²) in [7, 11) is 0. The van der Waals surface area contributed by atoms with Crippen molar-refractivity contribution in [3.8, 4) is 22.6 Å². The highest BCUT2D eigenvalue weighted by Crippen LogP contribution is 2.35. The molecule has 0 aliphatic carbocycles. The number of fused-ring (bicyclic) bond motifs is 2. The molecule has 0 spiro atoms. The first kappa shape index (κ1) is 12.2. The maximum Gasteiger partial charge on any atom is 0.161 e. The highest BCUT2D eigenvalue weighted by Gasteiger charge is 2.13. The summed E-state index contributed by atoms with van der Waals surface area (Å²) in [6, 6.07) is 11.9. The Bertz CT molecular complexity index is 810. The average Bonchev–Trinajstić information content (AvgIpc) is 2.96. The van der Waals surface area contributed by atoms with Gasteiger partial charge in [-0.2, -0.15) is 0 Å². The van der Waals surface area contributed by atoms with Crippen LogP contribution in [0.1, 0.15) is 5.82 Å². The second-order valence-electron chi connectivity index (χ2n) is 4.93. The molecule has 0 saturated carbocycles. The van der Waals surface area contributed by atoms with Crippen LogP contribution in [0.4, 0.5) is 0 Å². The monoisotopic (exact) mass is 282 g/mol. The van der Waals surface area contributed by atoms with Crippen LogP contribution >= 0.6 is 0 Å². The van der Waals surface area contributed by atoms with E-state index in [9.17, 15) is 0 Å². The molecule has 2 aromatic carbocycles. The number of benzene rings is 2. The number of rotatable bonds is 2. The maximum atomic E-state index is 9.13. The lowest BCUT2D eigenvalue weighted by Gasteiger charge is -2.18. The van der Waals surface area contributed by atoms with Crippen LogP contribution in [0.5, 0.6) is 11.5 Å². The molecule has 0 bridgehead atoms. The first-order chi connectivity index (χ1) is 10.3. The molecular weight excluding hydrogens is 268 g/mol. The van der Waals surface area contributed by atoms with Gasteiger partial charge in [-0.1, -0.05) is 12.1 Å². The SMILES string of the molecule is OCc1nc2ccc(-c3ccc4c(c3)OCCO4)cc2[nH]1. The van der Waals surface area contributed by atoms with Crippen molar-refractivity contribution in [3.05, 3.63) is 42.2 Å². The Balaban J connectivity index is 1.78. The van der Waals surface area contributed by atoms with Crippen LogP contribution in [-0.4, -0.2) is 28.3 Å². The number of aliphatic hydroxyl groups is 1. The number of H-pyrrole nitrogens is 1. The van der Waals surface area contributed by atoms with Gasteiger partial charge in [-0.3, -0.25) is 0 Å². The third-order valence-corrected chi connectivity index (χ3v) is 3.56. The minimum absolute atomic E-state index is 0.0892. The summed E-state index contributed by atoms with van der Waals surface area (Å²) in [5.41, 5.74) is 3.88. The zero-order valence-corrected chi connectivity index (χ0v) is 11.3. The molecule has 1 aliphatic heterocycles. The lowest BCUT2D eigenvalue weighted by Crippen LogP contribution is -2.15. The van der Waals surface area contributed by atoms with E-state index in [1.807, 2.05) is 36.4 Å². The van der Waals surface area contributed by atoms with Crippen molar-refractivity contribution >= 4 is 11.0 Å². The van der Waals surface area contributed by atoms with Crippen LogP contribution in [0.15, 0.2) is 36.4 Å². The zero-order valence-electron chi connectivity index (χ0n) is 11.3. The van der Waals surface area contributed by atoms with Crippen molar-refractivity contribution < 1.29 is 14.6 Å². The largest absolute Gasteiger partial charge is 0.486 e. The molecule has 0 unspecified atom stereocenters. The minimum atomic E-state index is -0.0892. The van der Waals surface area contributed by atoms with Crippen molar-refractivity contribution in [3.63, 3.8) is 0 Å². The van der Waals surface area contributed by atoms with Crippen LogP contribution in [0, 0.1) is 0 Å². The third-order valence-electron chi connectivity index (χ3n) is 3.56. The van der Waals surface area contributed by atoms with Gasteiger partial charge in [-0.15, -0.1) is 0 Å². The summed E-state index contributed by atoms with van der Waals surface area (Å²) < 4.78 is 11.1. The van der Waals surface area contributed by atoms with Crippen molar-refractivity contribution in [2.45, 2.75) is 6.61 Å². The summed E-state index contributed by atoms with van der Waals surface area (Å²) in [5, 5.41) is 9.13. The topological polar surface area (TPSA) is 67.4 Å². The summed E-state index contributed by atoms with van der Waals surface area (Å²) in [4.78, 5) is 7.39. The van der Waals surface area contributed by atoms with Gasteiger partial charge in [0.05, 0.1) is 11.0 Å². The molecule has 0 fully saturated rings. The lowest BCUT2D eigenvalue weighted by molar-refractivity contribution is 0.171. The second kappa shape index (κ2) is 4.79. The summed E-state index contributed by atoms with van der Waals surface area (Å²) in [5.74, 6) is 2.14. The molecule has 5 heteroatoms. The highest BCUT2D eigenvalue weighted by molar-refractivity contribution is 5.82. The van der Waals surface area contributed by atoms with Gasteiger partial charge < -0.3 is 19.6 Å². The van der Waals surface area contributed by atoms with Crippen molar-refractivity contribution in [2.75, 3.05) is 13.2 Å². The van der Waals surface area contributed by atoms with E-state index in [1.165, 1.54) is 0 Å². The van der Waals surface area contributed by atoms with Gasteiger partial charge in [0.25, 0.3) is 0 Å². The van der Waals surface area contributed by atoms with Crippen molar-refractivity contribution in [1.29, 1.82) is 0 Å². The minimum Gasteiger partial charge on any atom is -0.486 e. The molecule has 1 aliphatic rings. The first-order valence-corrected chi connectivity index (χ1v) is 6.83. The Morgan fingerprint density at radius 2 is 1.76 bits per heavy atom. The predicted molar refractivity (Wildman–Crippen MR) is 78.4 cm³/mol. The molecule has 0 radical (unpaired) electrons. The third kappa shape index (κ3) is 2.11. The number of imidazole rings is 1. The number of hydrogen-bond acceptors (Lipinski definition) is 4. The second-order valence-corrected chi connectivity index (χ2v) is 4.93. The number of ether oxygens (including phenoxy) is 2. The van der Waals surface area contributed by atoms with Crippen LogP contribution in [0.25, 0.3) is 22.2 Å². The fourth-order valence-electron chi connectivity index (χ4n) is 2.54. The Morgan fingerprint density at radius 3 is 2.62 bits per heavy atom. The molecule has 21 heavy (non-hydrogen) atoms.